The van der Waals surface area contributed by atoms with E-state index in [9.17, 15) is 4.79 Å². The van der Waals surface area contributed by atoms with Crippen molar-refractivity contribution in [3.8, 4) is 0 Å². The Balaban J connectivity index is 1.86. The van der Waals surface area contributed by atoms with Crippen LogP contribution in [0.5, 0.6) is 0 Å². The molecule has 2 rings (SSSR count). The molecule has 0 aromatic heterocycles. The average Bonchev–Trinajstić information content (AvgIpc) is 2.65. The third-order valence-corrected chi connectivity index (χ3v) is 2.84. The summed E-state index contributed by atoms with van der Waals surface area (Å²) in [5.74, 6) is 0.138. The highest BCUT2D eigenvalue weighted by Gasteiger charge is 2.31. The molecule has 2 N–H and O–H groups in total. The molecule has 74 valence electrons. The lowest BCUT2D eigenvalue weighted by molar-refractivity contribution is -0.121. The van der Waals surface area contributed by atoms with Crippen molar-refractivity contribution < 1.29 is 9.53 Å². The lowest BCUT2D eigenvalue weighted by atomic mass is 10.1. The van der Waals surface area contributed by atoms with Crippen molar-refractivity contribution in [2.45, 2.75) is 38.0 Å². The summed E-state index contributed by atoms with van der Waals surface area (Å²) >= 11 is 0. The minimum atomic E-state index is 0.00847. The lowest BCUT2D eigenvalue weighted by Crippen LogP contribution is -2.45. The van der Waals surface area contributed by atoms with E-state index >= 15 is 0 Å². The number of carbonyl (C=O) groups excluding carboxylic acids is 1. The van der Waals surface area contributed by atoms with Gasteiger partial charge in [-0.1, -0.05) is 0 Å². The van der Waals surface area contributed by atoms with E-state index in [-0.39, 0.29) is 18.1 Å². The quantitative estimate of drug-likeness (QED) is 0.616. The summed E-state index contributed by atoms with van der Waals surface area (Å²) in [5, 5.41) is 6.16. The van der Waals surface area contributed by atoms with Gasteiger partial charge in [0.2, 0.25) is 5.91 Å². The molecule has 2 aliphatic heterocycles. The Hall–Kier alpha value is -0.610. The lowest BCUT2D eigenvalue weighted by Gasteiger charge is -2.19. The van der Waals surface area contributed by atoms with Crippen LogP contribution in [0.2, 0.25) is 0 Å². The van der Waals surface area contributed by atoms with Gasteiger partial charge in [0, 0.05) is 19.2 Å². The molecule has 0 aliphatic carbocycles. The molecule has 2 saturated heterocycles. The fourth-order valence-corrected chi connectivity index (χ4v) is 1.96. The Labute approximate surface area is 78.0 Å². The Kier molecular flexibility index (Phi) is 2.51. The molecule has 0 aromatic rings. The zero-order valence-corrected chi connectivity index (χ0v) is 7.88. The zero-order chi connectivity index (χ0) is 9.26. The number of amides is 1. The number of rotatable bonds is 2. The molecule has 3 atom stereocenters. The van der Waals surface area contributed by atoms with Crippen molar-refractivity contribution in [2.24, 2.45) is 0 Å². The molecule has 4 nitrogen and oxygen atoms in total. The minimum absolute atomic E-state index is 0.00847. The monoisotopic (exact) mass is 184 g/mol. The van der Waals surface area contributed by atoms with Crippen molar-refractivity contribution in [3.05, 3.63) is 0 Å². The minimum Gasteiger partial charge on any atom is -0.377 e. The molecule has 1 amide bonds. The van der Waals surface area contributed by atoms with Crippen LogP contribution in [0.3, 0.4) is 0 Å². The molecule has 0 spiro atoms. The van der Waals surface area contributed by atoms with Crippen molar-refractivity contribution in [1.29, 1.82) is 0 Å². The van der Waals surface area contributed by atoms with Crippen molar-refractivity contribution >= 4 is 5.91 Å². The summed E-state index contributed by atoms with van der Waals surface area (Å²) in [6.07, 6.45) is 2.17. The average molecular weight is 184 g/mol. The fraction of sp³-hybridized carbons (Fsp3) is 0.889. The second-order valence-corrected chi connectivity index (χ2v) is 3.77. The molecule has 0 bridgehead atoms. The molecular weight excluding hydrogens is 168 g/mol. The maximum Gasteiger partial charge on any atom is 0.237 e. The number of nitrogens with one attached hydrogen (secondary N) is 2. The van der Waals surface area contributed by atoms with Gasteiger partial charge in [-0.05, 0) is 19.8 Å². The van der Waals surface area contributed by atoms with Gasteiger partial charge in [-0.2, -0.15) is 0 Å². The topological polar surface area (TPSA) is 50.4 Å². The van der Waals surface area contributed by atoms with Crippen LogP contribution in [-0.2, 0) is 9.53 Å². The van der Waals surface area contributed by atoms with Crippen LogP contribution < -0.4 is 10.6 Å². The maximum absolute atomic E-state index is 11.3. The Bertz CT molecular complexity index is 208. The predicted molar refractivity (Wildman–Crippen MR) is 48.4 cm³/mol. The highest BCUT2D eigenvalue weighted by Crippen LogP contribution is 2.14. The number of ether oxygens (including phenoxy) is 1. The Morgan fingerprint density at radius 3 is 2.92 bits per heavy atom. The van der Waals surface area contributed by atoms with Crippen LogP contribution >= 0.6 is 0 Å². The number of hydrogen-bond donors (Lipinski definition) is 2. The molecule has 0 radical (unpaired) electrons. The summed E-state index contributed by atoms with van der Waals surface area (Å²) in [4.78, 5) is 11.3. The first-order valence-electron chi connectivity index (χ1n) is 4.93. The SMILES string of the molecule is CC1OCCC1NC1CCNC1=O. The van der Waals surface area contributed by atoms with E-state index in [2.05, 4.69) is 17.6 Å². The molecule has 2 heterocycles. The van der Waals surface area contributed by atoms with Crippen LogP contribution in [0.25, 0.3) is 0 Å². The second-order valence-electron chi connectivity index (χ2n) is 3.77. The van der Waals surface area contributed by atoms with Gasteiger partial charge in [-0.15, -0.1) is 0 Å². The second kappa shape index (κ2) is 3.64. The molecule has 13 heavy (non-hydrogen) atoms. The molecule has 0 saturated carbocycles. The van der Waals surface area contributed by atoms with Gasteiger partial charge in [0.1, 0.15) is 0 Å². The highest BCUT2D eigenvalue weighted by molar-refractivity contribution is 5.83. The number of hydrogen-bond acceptors (Lipinski definition) is 3. The van der Waals surface area contributed by atoms with E-state index in [4.69, 9.17) is 4.74 Å². The van der Waals surface area contributed by atoms with E-state index in [0.29, 0.717) is 6.04 Å². The standard InChI is InChI=1S/C9H16N2O2/c1-6-7(3-5-13-6)11-8-2-4-10-9(8)12/h6-8,11H,2-5H2,1H3,(H,10,12). The summed E-state index contributed by atoms with van der Waals surface area (Å²) < 4.78 is 5.42. The van der Waals surface area contributed by atoms with E-state index in [1.807, 2.05) is 0 Å². The largest absolute Gasteiger partial charge is 0.377 e. The first-order chi connectivity index (χ1) is 6.27. The summed E-state index contributed by atoms with van der Waals surface area (Å²) in [5.41, 5.74) is 0. The van der Waals surface area contributed by atoms with Gasteiger partial charge in [-0.3, -0.25) is 4.79 Å². The molecule has 2 aliphatic rings. The van der Waals surface area contributed by atoms with Crippen molar-refractivity contribution in [2.75, 3.05) is 13.2 Å². The third-order valence-electron chi connectivity index (χ3n) is 2.84. The van der Waals surface area contributed by atoms with Gasteiger partial charge >= 0.3 is 0 Å². The van der Waals surface area contributed by atoms with Gasteiger partial charge < -0.3 is 15.4 Å². The normalized spacial score (nSPS) is 39.5. The van der Waals surface area contributed by atoms with Crippen LogP contribution in [-0.4, -0.2) is 37.2 Å². The van der Waals surface area contributed by atoms with E-state index in [1.54, 1.807) is 0 Å². The highest BCUT2D eigenvalue weighted by atomic mass is 16.5. The van der Waals surface area contributed by atoms with E-state index in [0.717, 1.165) is 26.0 Å². The van der Waals surface area contributed by atoms with Crippen LogP contribution in [0, 0.1) is 0 Å². The Morgan fingerprint density at radius 2 is 2.38 bits per heavy atom. The zero-order valence-electron chi connectivity index (χ0n) is 7.88. The Morgan fingerprint density at radius 1 is 1.54 bits per heavy atom. The summed E-state index contributed by atoms with van der Waals surface area (Å²) in [6, 6.07) is 0.364. The molecular formula is C9H16N2O2. The van der Waals surface area contributed by atoms with Crippen LogP contribution in [0.15, 0.2) is 0 Å². The van der Waals surface area contributed by atoms with Gasteiger partial charge in [0.25, 0.3) is 0 Å². The third kappa shape index (κ3) is 1.84. The predicted octanol–water partition coefficient (Wildman–Crippen LogP) is -0.358. The van der Waals surface area contributed by atoms with Crippen molar-refractivity contribution in [1.82, 2.24) is 10.6 Å². The first kappa shape index (κ1) is 8.97. The number of carbonyl (C=O) groups is 1. The summed E-state index contributed by atoms with van der Waals surface area (Å²) in [6.45, 7) is 3.67. The first-order valence-corrected chi connectivity index (χ1v) is 4.93. The van der Waals surface area contributed by atoms with Crippen LogP contribution in [0.1, 0.15) is 19.8 Å². The molecule has 4 heteroatoms. The summed E-state index contributed by atoms with van der Waals surface area (Å²) in [7, 11) is 0. The van der Waals surface area contributed by atoms with Gasteiger partial charge in [0.05, 0.1) is 12.1 Å². The van der Waals surface area contributed by atoms with Crippen molar-refractivity contribution in [3.63, 3.8) is 0 Å². The van der Waals surface area contributed by atoms with Gasteiger partial charge in [0.15, 0.2) is 0 Å². The van der Waals surface area contributed by atoms with E-state index in [1.165, 1.54) is 0 Å². The molecule has 2 fully saturated rings. The smallest absolute Gasteiger partial charge is 0.237 e. The fourth-order valence-electron chi connectivity index (χ4n) is 1.96. The maximum atomic E-state index is 11.3. The van der Waals surface area contributed by atoms with E-state index < -0.39 is 0 Å². The van der Waals surface area contributed by atoms with Crippen LogP contribution in [0.4, 0.5) is 0 Å². The van der Waals surface area contributed by atoms with Gasteiger partial charge in [-0.25, -0.2) is 0 Å². The molecule has 3 unspecified atom stereocenters. The molecule has 0 aromatic carbocycles.